The first-order valence-corrected chi connectivity index (χ1v) is 7.97. The molecule has 1 heterocycles. The van der Waals surface area contributed by atoms with Crippen LogP contribution >= 0.6 is 11.6 Å². The summed E-state index contributed by atoms with van der Waals surface area (Å²) in [5.74, 6) is 1.55. The van der Waals surface area contributed by atoms with Gasteiger partial charge in [0.05, 0.1) is 16.8 Å². The lowest BCUT2D eigenvalue weighted by Gasteiger charge is -2.34. The zero-order chi connectivity index (χ0) is 13.7. The average Bonchev–Trinajstić information content (AvgIpc) is 2.46. The first-order chi connectivity index (χ1) is 9.26. The second-order valence-corrected chi connectivity index (χ2v) is 6.01. The molecule has 0 spiro atoms. The Hall–Kier alpha value is -0.600. The van der Waals surface area contributed by atoms with Crippen LogP contribution in [0.2, 0.25) is 5.02 Å². The van der Waals surface area contributed by atoms with Gasteiger partial charge in [0.1, 0.15) is 0 Å². The first kappa shape index (κ1) is 14.8. The zero-order valence-electron chi connectivity index (χ0n) is 12.0. The van der Waals surface area contributed by atoms with E-state index in [0.29, 0.717) is 12.0 Å². The number of aromatic nitrogens is 1. The minimum atomic E-state index is 0.313. The molecule has 0 amide bonds. The molecule has 0 aromatic carbocycles. The van der Waals surface area contributed by atoms with Crippen molar-refractivity contribution in [1.82, 2.24) is 10.3 Å². The largest absolute Gasteiger partial charge is 0.309 e. The van der Waals surface area contributed by atoms with Crippen LogP contribution in [0.5, 0.6) is 0 Å². The van der Waals surface area contributed by atoms with Crippen molar-refractivity contribution in [3.8, 4) is 0 Å². The van der Waals surface area contributed by atoms with Gasteiger partial charge >= 0.3 is 0 Å². The minimum absolute atomic E-state index is 0.313. The normalized spacial score (nSPS) is 25.2. The van der Waals surface area contributed by atoms with Crippen molar-refractivity contribution < 1.29 is 0 Å². The van der Waals surface area contributed by atoms with E-state index in [2.05, 4.69) is 24.1 Å². The Morgan fingerprint density at radius 1 is 1.42 bits per heavy atom. The molecule has 0 aliphatic heterocycles. The summed E-state index contributed by atoms with van der Waals surface area (Å²) < 4.78 is 0. The molecule has 3 heteroatoms. The molecular weight excluding hydrogens is 256 g/mol. The third-order valence-corrected chi connectivity index (χ3v) is 4.70. The van der Waals surface area contributed by atoms with Crippen LogP contribution in [-0.4, -0.2) is 11.5 Å². The van der Waals surface area contributed by atoms with Crippen LogP contribution in [-0.2, 0) is 0 Å². The smallest absolute Gasteiger partial charge is 0.0761 e. The Labute approximate surface area is 122 Å². The lowest BCUT2D eigenvalue weighted by molar-refractivity contribution is 0.208. The van der Waals surface area contributed by atoms with E-state index in [-0.39, 0.29) is 0 Å². The second-order valence-electron chi connectivity index (χ2n) is 5.61. The summed E-state index contributed by atoms with van der Waals surface area (Å²) >= 11 is 6.34. The fourth-order valence-electron chi connectivity index (χ4n) is 3.34. The van der Waals surface area contributed by atoms with Crippen molar-refractivity contribution in [3.05, 3.63) is 29.0 Å². The number of nitrogens with one attached hydrogen (secondary N) is 1. The number of rotatable bonds is 5. The predicted molar refractivity (Wildman–Crippen MR) is 81.4 cm³/mol. The van der Waals surface area contributed by atoms with E-state index in [4.69, 9.17) is 11.6 Å². The zero-order valence-corrected chi connectivity index (χ0v) is 12.8. The maximum absolute atomic E-state index is 6.34. The molecule has 1 aliphatic rings. The first-order valence-electron chi connectivity index (χ1n) is 7.60. The van der Waals surface area contributed by atoms with Crippen molar-refractivity contribution in [1.29, 1.82) is 0 Å². The van der Waals surface area contributed by atoms with Crippen LogP contribution in [0.1, 0.15) is 57.7 Å². The fourth-order valence-corrected chi connectivity index (χ4v) is 3.58. The second kappa shape index (κ2) is 7.25. The van der Waals surface area contributed by atoms with Gasteiger partial charge in [-0.05, 0) is 43.4 Å². The molecule has 0 radical (unpaired) electrons. The van der Waals surface area contributed by atoms with Crippen LogP contribution in [0.4, 0.5) is 0 Å². The number of halogens is 1. The van der Waals surface area contributed by atoms with Crippen molar-refractivity contribution in [2.45, 2.75) is 52.0 Å². The summed E-state index contributed by atoms with van der Waals surface area (Å²) in [6, 6.07) is 4.17. The monoisotopic (exact) mass is 280 g/mol. The summed E-state index contributed by atoms with van der Waals surface area (Å²) in [6.07, 6.45) is 8.48. The maximum Gasteiger partial charge on any atom is 0.0761 e. The molecule has 1 aromatic heterocycles. The Bertz CT molecular complexity index is 394. The van der Waals surface area contributed by atoms with E-state index < -0.39 is 0 Å². The predicted octanol–water partition coefficient (Wildman–Crippen LogP) is 4.60. The fraction of sp³-hybridized carbons (Fsp3) is 0.688. The lowest BCUT2D eigenvalue weighted by atomic mass is 9.76. The van der Waals surface area contributed by atoms with Gasteiger partial charge in [-0.3, -0.25) is 4.98 Å². The molecular formula is C16H25ClN2. The van der Waals surface area contributed by atoms with E-state index in [9.17, 15) is 0 Å². The van der Waals surface area contributed by atoms with Gasteiger partial charge in [0.2, 0.25) is 0 Å². The molecule has 1 N–H and O–H groups in total. The topological polar surface area (TPSA) is 24.9 Å². The third-order valence-electron chi connectivity index (χ3n) is 4.38. The van der Waals surface area contributed by atoms with Gasteiger partial charge in [-0.2, -0.15) is 0 Å². The Balaban J connectivity index is 2.17. The van der Waals surface area contributed by atoms with E-state index in [1.807, 2.05) is 18.3 Å². The number of pyridine rings is 1. The quantitative estimate of drug-likeness (QED) is 0.852. The highest BCUT2D eigenvalue weighted by atomic mass is 35.5. The van der Waals surface area contributed by atoms with Gasteiger partial charge in [0, 0.05) is 6.20 Å². The van der Waals surface area contributed by atoms with Gasteiger partial charge in [-0.25, -0.2) is 0 Å². The van der Waals surface area contributed by atoms with Crippen LogP contribution in [0.3, 0.4) is 0 Å². The summed E-state index contributed by atoms with van der Waals surface area (Å²) in [7, 11) is 0. The molecule has 2 rings (SSSR count). The van der Waals surface area contributed by atoms with Gasteiger partial charge in [0.25, 0.3) is 0 Å². The number of hydrogen-bond acceptors (Lipinski definition) is 2. The Morgan fingerprint density at radius 3 is 2.95 bits per heavy atom. The summed E-state index contributed by atoms with van der Waals surface area (Å²) in [5.41, 5.74) is 1.03. The van der Waals surface area contributed by atoms with Gasteiger partial charge in [-0.15, -0.1) is 0 Å². The number of hydrogen-bond donors (Lipinski definition) is 1. The molecule has 2 nitrogen and oxygen atoms in total. The van der Waals surface area contributed by atoms with Crippen molar-refractivity contribution >= 4 is 11.6 Å². The molecule has 0 bridgehead atoms. The third kappa shape index (κ3) is 3.70. The van der Waals surface area contributed by atoms with Gasteiger partial charge < -0.3 is 5.32 Å². The molecule has 1 saturated carbocycles. The highest BCUT2D eigenvalue weighted by Crippen LogP contribution is 2.39. The summed E-state index contributed by atoms with van der Waals surface area (Å²) in [6.45, 7) is 5.43. The molecule has 106 valence electrons. The van der Waals surface area contributed by atoms with E-state index in [0.717, 1.165) is 23.2 Å². The van der Waals surface area contributed by atoms with Crippen LogP contribution in [0, 0.1) is 11.8 Å². The van der Waals surface area contributed by atoms with Crippen molar-refractivity contribution in [3.63, 3.8) is 0 Å². The highest BCUT2D eigenvalue weighted by Gasteiger charge is 2.30. The van der Waals surface area contributed by atoms with Crippen molar-refractivity contribution in [2.75, 3.05) is 6.54 Å². The SMILES string of the molecule is CCNC(c1ncccc1Cl)C1CCCC(CC)C1. The van der Waals surface area contributed by atoms with Crippen LogP contribution < -0.4 is 5.32 Å². The molecule has 1 aliphatic carbocycles. The van der Waals surface area contributed by atoms with Crippen LogP contribution in [0.15, 0.2) is 18.3 Å². The molecule has 19 heavy (non-hydrogen) atoms. The van der Waals surface area contributed by atoms with Crippen LogP contribution in [0.25, 0.3) is 0 Å². The maximum atomic E-state index is 6.34. The highest BCUT2D eigenvalue weighted by molar-refractivity contribution is 6.31. The van der Waals surface area contributed by atoms with Gasteiger partial charge in [0.15, 0.2) is 0 Å². The summed E-state index contributed by atoms with van der Waals surface area (Å²) in [5, 5.41) is 4.41. The molecule has 3 atom stereocenters. The van der Waals surface area contributed by atoms with Crippen molar-refractivity contribution in [2.24, 2.45) is 11.8 Å². The minimum Gasteiger partial charge on any atom is -0.309 e. The number of nitrogens with zero attached hydrogens (tertiary/aromatic N) is 1. The molecule has 1 aromatic rings. The van der Waals surface area contributed by atoms with E-state index >= 15 is 0 Å². The summed E-state index contributed by atoms with van der Waals surface area (Å²) in [4.78, 5) is 4.53. The lowest BCUT2D eigenvalue weighted by Crippen LogP contribution is -2.32. The van der Waals surface area contributed by atoms with E-state index in [1.165, 1.54) is 32.1 Å². The van der Waals surface area contributed by atoms with Gasteiger partial charge in [-0.1, -0.05) is 44.7 Å². The molecule has 0 saturated heterocycles. The molecule has 3 unspecified atom stereocenters. The average molecular weight is 281 g/mol. The molecule has 1 fully saturated rings. The Kier molecular flexibility index (Phi) is 5.65. The van der Waals surface area contributed by atoms with E-state index in [1.54, 1.807) is 0 Å². The Morgan fingerprint density at radius 2 is 2.26 bits per heavy atom. The standard InChI is InChI=1S/C16H25ClN2/c1-3-12-7-5-8-13(11-12)15(18-4-2)16-14(17)9-6-10-19-16/h6,9-10,12-13,15,18H,3-5,7-8,11H2,1-2H3.